The maximum atomic E-state index is 6.11. The van der Waals surface area contributed by atoms with E-state index in [1.807, 2.05) is 52.8 Å². The molecule has 1 saturated heterocycles. The molecule has 1 fully saturated rings. The van der Waals surface area contributed by atoms with E-state index in [-0.39, 0.29) is 11.2 Å². The van der Waals surface area contributed by atoms with Gasteiger partial charge in [0.1, 0.15) is 5.75 Å². The van der Waals surface area contributed by atoms with Crippen LogP contribution in [0.4, 0.5) is 0 Å². The molecule has 0 N–H and O–H groups in total. The molecule has 1 aliphatic rings. The Balaban J connectivity index is 2.50. The fraction of sp³-hybridized carbons (Fsp3) is 0.500. The van der Waals surface area contributed by atoms with Crippen LogP contribution in [0.1, 0.15) is 40.2 Å². The Hall–Kier alpha value is -1.44. The average molecular weight is 272 g/mol. The average Bonchev–Trinajstić information content (AvgIpc) is 2.58. The number of hydrogen-bond acceptors (Lipinski definition) is 3. The van der Waals surface area contributed by atoms with Crippen LogP contribution in [-0.2, 0) is 9.31 Å². The van der Waals surface area contributed by atoms with Crippen LogP contribution in [0, 0.1) is 11.8 Å². The third-order valence-electron chi connectivity index (χ3n) is 4.03. The lowest BCUT2D eigenvalue weighted by atomic mass is 9.75. The molecule has 1 aliphatic heterocycles. The predicted octanol–water partition coefficient (Wildman–Crippen LogP) is 2.37. The smallest absolute Gasteiger partial charge is 0.497 e. The number of hydrogen-bond donors (Lipinski definition) is 0. The molecule has 1 aromatic carbocycles. The van der Waals surface area contributed by atoms with Gasteiger partial charge in [-0.15, -0.1) is 5.92 Å². The molecule has 0 aliphatic carbocycles. The van der Waals surface area contributed by atoms with Crippen LogP contribution in [0.2, 0.25) is 0 Å². The molecular formula is C16H21BO3. The summed E-state index contributed by atoms with van der Waals surface area (Å²) in [5.74, 6) is 6.76. The Kier molecular flexibility index (Phi) is 3.86. The Morgan fingerprint density at radius 1 is 1.10 bits per heavy atom. The third kappa shape index (κ3) is 2.44. The van der Waals surface area contributed by atoms with E-state index >= 15 is 0 Å². The molecule has 0 bridgehead atoms. The van der Waals surface area contributed by atoms with Crippen LogP contribution in [0.25, 0.3) is 0 Å². The van der Waals surface area contributed by atoms with Gasteiger partial charge in [-0.25, -0.2) is 0 Å². The van der Waals surface area contributed by atoms with E-state index in [1.165, 1.54) is 0 Å². The molecule has 1 heterocycles. The van der Waals surface area contributed by atoms with Crippen molar-refractivity contribution in [3.63, 3.8) is 0 Å². The largest absolute Gasteiger partial charge is 0.499 e. The van der Waals surface area contributed by atoms with Gasteiger partial charge in [0.2, 0.25) is 0 Å². The van der Waals surface area contributed by atoms with E-state index in [0.29, 0.717) is 0 Å². The summed E-state index contributed by atoms with van der Waals surface area (Å²) >= 11 is 0. The second kappa shape index (κ2) is 5.16. The zero-order valence-electron chi connectivity index (χ0n) is 13.0. The minimum Gasteiger partial charge on any atom is -0.497 e. The van der Waals surface area contributed by atoms with E-state index in [9.17, 15) is 0 Å². The highest BCUT2D eigenvalue weighted by Crippen LogP contribution is 2.37. The maximum Gasteiger partial charge on any atom is 0.499 e. The molecule has 0 amide bonds. The van der Waals surface area contributed by atoms with Crippen molar-refractivity contribution in [1.29, 1.82) is 0 Å². The van der Waals surface area contributed by atoms with Crippen molar-refractivity contribution in [2.24, 2.45) is 0 Å². The van der Waals surface area contributed by atoms with Crippen LogP contribution >= 0.6 is 0 Å². The van der Waals surface area contributed by atoms with Gasteiger partial charge in [0.25, 0.3) is 0 Å². The van der Waals surface area contributed by atoms with Crippen LogP contribution in [-0.4, -0.2) is 25.4 Å². The molecular weight excluding hydrogens is 251 g/mol. The minimum absolute atomic E-state index is 0.380. The van der Waals surface area contributed by atoms with E-state index in [4.69, 9.17) is 14.0 Å². The highest BCUT2D eigenvalue weighted by Gasteiger charge is 2.53. The molecule has 0 unspecified atom stereocenters. The summed E-state index contributed by atoms with van der Waals surface area (Å²) < 4.78 is 17.7. The van der Waals surface area contributed by atoms with E-state index in [1.54, 1.807) is 7.11 Å². The number of benzene rings is 1. The first kappa shape index (κ1) is 15.0. The summed E-state index contributed by atoms with van der Waals surface area (Å²) in [4.78, 5) is 0. The molecule has 0 radical (unpaired) electrons. The van der Waals surface area contributed by atoms with Crippen molar-refractivity contribution < 1.29 is 14.0 Å². The summed E-state index contributed by atoms with van der Waals surface area (Å²) in [5.41, 5.74) is 0.985. The summed E-state index contributed by atoms with van der Waals surface area (Å²) in [6, 6.07) is 5.79. The van der Waals surface area contributed by atoms with Gasteiger partial charge in [-0.2, -0.15) is 0 Å². The third-order valence-corrected chi connectivity index (χ3v) is 4.03. The second-order valence-corrected chi connectivity index (χ2v) is 5.88. The Morgan fingerprint density at radius 2 is 1.70 bits per heavy atom. The highest BCUT2D eigenvalue weighted by molar-refractivity contribution is 6.64. The molecule has 1 aromatic rings. The zero-order chi connectivity index (χ0) is 15.0. The summed E-state index contributed by atoms with van der Waals surface area (Å²) in [5, 5.41) is 0. The van der Waals surface area contributed by atoms with Gasteiger partial charge in [-0.05, 0) is 46.8 Å². The predicted molar refractivity (Wildman–Crippen MR) is 81.3 cm³/mol. The first-order chi connectivity index (χ1) is 9.32. The normalized spacial score (nSPS) is 19.4. The van der Waals surface area contributed by atoms with Gasteiger partial charge < -0.3 is 14.0 Å². The van der Waals surface area contributed by atoms with Gasteiger partial charge in [0.05, 0.1) is 18.3 Å². The van der Waals surface area contributed by atoms with Crippen LogP contribution < -0.4 is 10.2 Å². The molecule has 106 valence electrons. The van der Waals surface area contributed by atoms with Crippen molar-refractivity contribution in [2.45, 2.75) is 45.8 Å². The molecule has 3 nitrogen and oxygen atoms in total. The molecule has 0 saturated carbocycles. The topological polar surface area (TPSA) is 27.7 Å². The SMILES string of the molecule is CC#Cc1cccc(OC)c1B1OC(C)(C)C(C)(C)O1. The molecule has 2 rings (SSSR count). The summed E-state index contributed by atoms with van der Waals surface area (Å²) in [7, 11) is 1.18. The molecule has 0 aromatic heterocycles. The lowest BCUT2D eigenvalue weighted by Crippen LogP contribution is -2.41. The quantitative estimate of drug-likeness (QED) is 0.611. The molecule has 4 heteroatoms. The van der Waals surface area contributed by atoms with Gasteiger partial charge in [-0.3, -0.25) is 0 Å². The van der Waals surface area contributed by atoms with E-state index in [2.05, 4.69) is 11.8 Å². The van der Waals surface area contributed by atoms with Crippen molar-refractivity contribution in [3.05, 3.63) is 23.8 Å². The highest BCUT2D eigenvalue weighted by atomic mass is 16.7. The van der Waals surface area contributed by atoms with Gasteiger partial charge in [0, 0.05) is 11.0 Å². The minimum atomic E-state index is -0.466. The van der Waals surface area contributed by atoms with E-state index < -0.39 is 7.12 Å². The Bertz CT molecular complexity index is 551. The van der Waals surface area contributed by atoms with Crippen molar-refractivity contribution in [2.75, 3.05) is 7.11 Å². The summed E-state index contributed by atoms with van der Waals surface area (Å²) in [6.07, 6.45) is 0. The van der Waals surface area contributed by atoms with Crippen molar-refractivity contribution in [3.8, 4) is 17.6 Å². The lowest BCUT2D eigenvalue weighted by molar-refractivity contribution is 0.00578. The Morgan fingerprint density at radius 3 is 2.20 bits per heavy atom. The van der Waals surface area contributed by atoms with Crippen molar-refractivity contribution in [1.82, 2.24) is 0 Å². The Labute approximate surface area is 121 Å². The van der Waals surface area contributed by atoms with Gasteiger partial charge in [0.15, 0.2) is 0 Å². The molecule has 0 atom stereocenters. The number of ether oxygens (including phenoxy) is 1. The van der Waals surface area contributed by atoms with Crippen LogP contribution in [0.5, 0.6) is 5.75 Å². The zero-order valence-corrected chi connectivity index (χ0v) is 13.0. The van der Waals surface area contributed by atoms with E-state index in [0.717, 1.165) is 16.8 Å². The number of rotatable bonds is 2. The van der Waals surface area contributed by atoms with Gasteiger partial charge >= 0.3 is 7.12 Å². The maximum absolute atomic E-state index is 6.11. The second-order valence-electron chi connectivity index (χ2n) is 5.88. The van der Waals surface area contributed by atoms with Gasteiger partial charge in [-0.1, -0.05) is 12.0 Å². The fourth-order valence-electron chi connectivity index (χ4n) is 2.17. The first-order valence-corrected chi connectivity index (χ1v) is 6.77. The summed E-state index contributed by atoms with van der Waals surface area (Å²) in [6.45, 7) is 9.95. The number of methoxy groups -OCH3 is 1. The lowest BCUT2D eigenvalue weighted by Gasteiger charge is -2.32. The molecule has 0 spiro atoms. The fourth-order valence-corrected chi connectivity index (χ4v) is 2.17. The van der Waals surface area contributed by atoms with Crippen LogP contribution in [0.15, 0.2) is 18.2 Å². The monoisotopic (exact) mass is 272 g/mol. The first-order valence-electron chi connectivity index (χ1n) is 6.77. The van der Waals surface area contributed by atoms with Crippen LogP contribution in [0.3, 0.4) is 0 Å². The van der Waals surface area contributed by atoms with Crippen molar-refractivity contribution >= 4 is 12.6 Å². The molecule has 20 heavy (non-hydrogen) atoms. The standard InChI is InChI=1S/C16H21BO3/c1-7-9-12-10-8-11-13(18-6)14(12)17-19-15(2,3)16(4,5)20-17/h8,10-11H,1-6H3.